The van der Waals surface area contributed by atoms with Crippen molar-refractivity contribution in [3.05, 3.63) is 76.3 Å². The van der Waals surface area contributed by atoms with Crippen molar-refractivity contribution in [3.8, 4) is 5.75 Å². The molecule has 2 aliphatic heterocycles. The Bertz CT molecular complexity index is 2010. The molecule has 0 spiro atoms. The molecule has 0 saturated carbocycles. The third kappa shape index (κ3) is 20.3. The van der Waals surface area contributed by atoms with E-state index in [1.165, 1.54) is 13.2 Å². The van der Waals surface area contributed by atoms with Crippen LogP contribution in [0, 0.1) is 17.3 Å². The Kier molecular flexibility index (Phi) is 23.7. The number of hydrogen-bond acceptors (Lipinski definition) is 15. The van der Waals surface area contributed by atoms with Crippen LogP contribution in [0.2, 0.25) is 5.02 Å². The maximum Gasteiger partial charge on any atom is 0.407 e. The number of halogens is 1. The lowest BCUT2D eigenvalue weighted by molar-refractivity contribution is -0.179. The van der Waals surface area contributed by atoms with E-state index in [2.05, 4.69) is 16.0 Å². The first-order valence-corrected chi connectivity index (χ1v) is 23.5. The molecule has 1 saturated heterocycles. The van der Waals surface area contributed by atoms with Gasteiger partial charge in [-0.3, -0.25) is 19.2 Å². The Morgan fingerprint density at radius 1 is 0.884 bits per heavy atom. The summed E-state index contributed by atoms with van der Waals surface area (Å²) in [5.41, 5.74) is 1.02. The van der Waals surface area contributed by atoms with Crippen molar-refractivity contribution >= 4 is 47.4 Å². The van der Waals surface area contributed by atoms with E-state index < -0.39 is 59.5 Å². The molecule has 0 radical (unpaired) electrons. The van der Waals surface area contributed by atoms with Gasteiger partial charge in [0.15, 0.2) is 6.10 Å². The molecule has 2 aromatic carbocycles. The quantitative estimate of drug-likeness (QED) is 0.0448. The highest BCUT2D eigenvalue weighted by Gasteiger charge is 2.48. The average molecular weight is 991 g/mol. The second kappa shape index (κ2) is 29.0. The van der Waals surface area contributed by atoms with Gasteiger partial charge in [-0.15, -0.1) is 0 Å². The molecule has 0 aliphatic carbocycles. The van der Waals surface area contributed by atoms with Crippen LogP contribution in [0.1, 0.15) is 76.7 Å². The molecule has 69 heavy (non-hydrogen) atoms. The highest BCUT2D eigenvalue weighted by atomic mass is 35.5. The Balaban J connectivity index is 1.29. The number of methoxy groups -OCH3 is 1. The highest BCUT2D eigenvalue weighted by molar-refractivity contribution is 6.32. The summed E-state index contributed by atoms with van der Waals surface area (Å²) in [6.45, 7) is 11.5. The first-order chi connectivity index (χ1) is 33.0. The number of alkyl carbamates (subject to hydrolysis) is 1. The summed E-state index contributed by atoms with van der Waals surface area (Å²) in [6.07, 6.45) is -0.0988. The zero-order valence-electron chi connectivity index (χ0n) is 40.3. The lowest BCUT2D eigenvalue weighted by atomic mass is 9.92. The van der Waals surface area contributed by atoms with Gasteiger partial charge in [-0.25, -0.2) is 9.59 Å². The number of aliphatic carboxylic acids is 1. The molecule has 1 fully saturated rings. The molecule has 2 heterocycles. The molecule has 4 N–H and O–H groups in total. The zero-order chi connectivity index (χ0) is 50.3. The lowest BCUT2D eigenvalue weighted by Gasteiger charge is -2.29. The van der Waals surface area contributed by atoms with Gasteiger partial charge in [0.2, 0.25) is 11.8 Å². The van der Waals surface area contributed by atoms with E-state index in [4.69, 9.17) is 59.3 Å². The van der Waals surface area contributed by atoms with Gasteiger partial charge in [0.1, 0.15) is 30.6 Å². The van der Waals surface area contributed by atoms with E-state index in [1.54, 1.807) is 38.1 Å². The first-order valence-electron chi connectivity index (χ1n) is 23.1. The number of benzene rings is 2. The maximum absolute atomic E-state index is 13.8. The molecule has 19 nitrogen and oxygen atoms in total. The van der Waals surface area contributed by atoms with Crippen LogP contribution in [0.4, 0.5) is 4.79 Å². The van der Waals surface area contributed by atoms with Crippen LogP contribution in [-0.2, 0) is 74.9 Å². The Morgan fingerprint density at radius 3 is 2.14 bits per heavy atom. The fourth-order valence-corrected chi connectivity index (χ4v) is 7.25. The van der Waals surface area contributed by atoms with Crippen molar-refractivity contribution < 1.29 is 76.5 Å². The minimum atomic E-state index is -1.26. The van der Waals surface area contributed by atoms with Gasteiger partial charge in [0.25, 0.3) is 0 Å². The normalized spacial score (nSPS) is 21.8. The van der Waals surface area contributed by atoms with Crippen molar-refractivity contribution in [3.63, 3.8) is 0 Å². The zero-order valence-corrected chi connectivity index (χ0v) is 41.0. The second-order valence-electron chi connectivity index (χ2n) is 17.7. The number of nitrogens with one attached hydrogen (secondary N) is 3. The van der Waals surface area contributed by atoms with Gasteiger partial charge in [0, 0.05) is 31.8 Å². The molecule has 3 amide bonds. The molecule has 0 unspecified atom stereocenters. The molecular formula is C49H68ClN3O16. The SMILES string of the molecule is COc1ccc(C[C@H]2NC(=O)/C=C\C[C@@H]([C@H](C)[C@@H]3O[C@H]3c3ccc(COC(=O)NCCOCCOCCOCCOCCC(=O)O)cc3)OC(=O)[C@H](CC(C)C)OC(=O)C(C)(C)CNC2=O)cc1Cl. The number of hydrogen-bond donors (Lipinski definition) is 4. The lowest BCUT2D eigenvalue weighted by Crippen LogP contribution is -2.51. The van der Waals surface area contributed by atoms with E-state index in [0.717, 1.165) is 11.1 Å². The van der Waals surface area contributed by atoms with Crippen LogP contribution in [0.15, 0.2) is 54.6 Å². The molecular weight excluding hydrogens is 922 g/mol. The van der Waals surface area contributed by atoms with Gasteiger partial charge in [0.05, 0.1) is 82.9 Å². The van der Waals surface area contributed by atoms with Crippen molar-refractivity contribution in [2.45, 2.75) is 97.4 Å². The second-order valence-corrected chi connectivity index (χ2v) is 18.1. The number of carbonyl (C=O) groups is 6. The number of epoxide rings is 1. The molecule has 382 valence electrons. The highest BCUT2D eigenvalue weighted by Crippen LogP contribution is 2.45. The fraction of sp³-hybridized carbons (Fsp3) is 0.592. The summed E-state index contributed by atoms with van der Waals surface area (Å²) in [5, 5.41) is 17.1. The largest absolute Gasteiger partial charge is 0.495 e. The number of amides is 3. The fourth-order valence-electron chi connectivity index (χ4n) is 6.97. The van der Waals surface area contributed by atoms with E-state index in [-0.39, 0.29) is 82.6 Å². The third-order valence-electron chi connectivity index (χ3n) is 11.0. The van der Waals surface area contributed by atoms with E-state index in [9.17, 15) is 28.8 Å². The monoisotopic (exact) mass is 989 g/mol. The first kappa shape index (κ1) is 56.3. The number of cyclic esters (lactones) is 2. The number of carboxylic acid groups (broad SMARTS) is 1. The van der Waals surface area contributed by atoms with Gasteiger partial charge in [-0.05, 0) is 61.1 Å². The van der Waals surface area contributed by atoms with Gasteiger partial charge in [-0.1, -0.05) is 68.8 Å². The van der Waals surface area contributed by atoms with Gasteiger partial charge < -0.3 is 63.7 Å². The summed E-state index contributed by atoms with van der Waals surface area (Å²) in [5.74, 6) is -3.39. The summed E-state index contributed by atoms with van der Waals surface area (Å²) in [4.78, 5) is 77.1. The molecule has 2 aromatic rings. The minimum absolute atomic E-state index is 0.0290. The molecule has 4 rings (SSSR count). The van der Waals surface area contributed by atoms with Crippen molar-refractivity contribution in [1.29, 1.82) is 0 Å². The summed E-state index contributed by atoms with van der Waals surface area (Å²) in [7, 11) is 1.49. The molecule has 0 bridgehead atoms. The minimum Gasteiger partial charge on any atom is -0.495 e. The Hall–Kier alpha value is -5.31. The summed E-state index contributed by atoms with van der Waals surface area (Å²) in [6, 6.07) is 11.4. The Morgan fingerprint density at radius 2 is 1.52 bits per heavy atom. The molecule has 20 heteroatoms. The number of carboxylic acids is 1. The predicted octanol–water partition coefficient (Wildman–Crippen LogP) is 4.89. The summed E-state index contributed by atoms with van der Waals surface area (Å²) >= 11 is 6.36. The molecule has 6 atom stereocenters. The predicted molar refractivity (Wildman–Crippen MR) is 250 cm³/mol. The maximum atomic E-state index is 13.8. The van der Waals surface area contributed by atoms with E-state index in [0.29, 0.717) is 56.0 Å². The Labute approximate surface area is 408 Å². The van der Waals surface area contributed by atoms with Crippen LogP contribution in [-0.4, -0.2) is 138 Å². The molecule has 0 aromatic heterocycles. The topological polar surface area (TPSA) is 245 Å². The number of rotatable bonds is 25. The van der Waals surface area contributed by atoms with Crippen LogP contribution in [0.25, 0.3) is 0 Å². The number of ether oxygens (including phenoxy) is 9. The van der Waals surface area contributed by atoms with Crippen molar-refractivity contribution in [1.82, 2.24) is 16.0 Å². The molecule has 2 aliphatic rings. The van der Waals surface area contributed by atoms with Crippen LogP contribution >= 0.6 is 11.6 Å². The van der Waals surface area contributed by atoms with Crippen molar-refractivity contribution in [2.24, 2.45) is 17.3 Å². The summed E-state index contributed by atoms with van der Waals surface area (Å²) < 4.78 is 50.0. The van der Waals surface area contributed by atoms with Crippen LogP contribution < -0.4 is 20.7 Å². The van der Waals surface area contributed by atoms with E-state index in [1.807, 2.05) is 45.0 Å². The number of esters is 2. The average Bonchev–Trinajstić information content (AvgIpc) is 4.11. The van der Waals surface area contributed by atoms with Crippen molar-refractivity contribution in [2.75, 3.05) is 73.1 Å². The standard InChI is InChI=1S/C49H68ClN3O16/c1-31(2)26-40-46(58)67-38(8-7-9-41(54)53-37(28-34-12-15-39(61-6)36(50)27-34)45(57)52-30-49(4,5)47(59)68-40)32(3)43-44(69-43)35-13-10-33(11-14-35)29-66-48(60)51-17-19-63-21-23-65-25-24-64-22-20-62-18-16-42(55)56/h7,9-15,27,31-32,37-38,40,43-44H,8,16-26,28-30H2,1-6H3,(H,51,60)(H,52,57)(H,53,54)(H,55,56)/b9-7-/t32-,37+,38-,40-,43-,44-/m0/s1. The van der Waals surface area contributed by atoms with Crippen LogP contribution in [0.3, 0.4) is 0 Å². The third-order valence-corrected chi connectivity index (χ3v) is 11.3. The van der Waals surface area contributed by atoms with Crippen LogP contribution in [0.5, 0.6) is 5.75 Å². The van der Waals surface area contributed by atoms with Gasteiger partial charge >= 0.3 is 24.0 Å². The number of carbonyl (C=O) groups excluding carboxylic acids is 5. The smallest absolute Gasteiger partial charge is 0.407 e. The van der Waals surface area contributed by atoms with Gasteiger partial charge in [-0.2, -0.15) is 0 Å². The van der Waals surface area contributed by atoms with E-state index >= 15 is 0 Å².